The van der Waals surface area contributed by atoms with Crippen molar-refractivity contribution in [3.63, 3.8) is 0 Å². The lowest BCUT2D eigenvalue weighted by Gasteiger charge is -2.14. The number of pyridine rings is 1. The van der Waals surface area contributed by atoms with Gasteiger partial charge >= 0.3 is 0 Å². The highest BCUT2D eigenvalue weighted by molar-refractivity contribution is 7.92. The number of methoxy groups -OCH3 is 1. The second-order valence-corrected chi connectivity index (χ2v) is 7.89. The van der Waals surface area contributed by atoms with E-state index in [4.69, 9.17) is 4.74 Å². The van der Waals surface area contributed by atoms with E-state index in [9.17, 15) is 8.42 Å². The van der Waals surface area contributed by atoms with Crippen LogP contribution < -0.4 is 9.46 Å². The Kier molecular flexibility index (Phi) is 4.27. The number of benzene rings is 1. The molecule has 0 bridgehead atoms. The lowest BCUT2D eigenvalue weighted by molar-refractivity contribution is 0.417. The third-order valence-corrected chi connectivity index (χ3v) is 5.68. The van der Waals surface area contributed by atoms with Crippen LogP contribution in [-0.4, -0.2) is 40.1 Å². The summed E-state index contributed by atoms with van der Waals surface area (Å²) in [4.78, 5) is 4.27. The van der Waals surface area contributed by atoms with Crippen molar-refractivity contribution in [2.45, 2.75) is 4.90 Å². The first-order valence-electron chi connectivity index (χ1n) is 8.36. The lowest BCUT2D eigenvalue weighted by Crippen LogP contribution is -2.15. The molecule has 0 aliphatic rings. The molecule has 0 amide bonds. The SMILES string of the molecule is COc1ccc2cnn(C)c2c1NS(=O)(=O)c1ccc(-c2ccn(C)n2)nc1. The summed E-state index contributed by atoms with van der Waals surface area (Å²) < 4.78 is 37.1. The summed E-state index contributed by atoms with van der Waals surface area (Å²) in [7, 11) is 1.14. The first kappa shape index (κ1) is 18.0. The van der Waals surface area contributed by atoms with E-state index in [-0.39, 0.29) is 4.90 Å². The van der Waals surface area contributed by atoms with Crippen LogP contribution in [-0.2, 0) is 24.1 Å². The van der Waals surface area contributed by atoms with Gasteiger partial charge in [-0.15, -0.1) is 0 Å². The topological polar surface area (TPSA) is 104 Å². The lowest BCUT2D eigenvalue weighted by atomic mass is 10.2. The minimum atomic E-state index is -3.89. The van der Waals surface area contributed by atoms with Crippen molar-refractivity contribution in [2.75, 3.05) is 11.8 Å². The Hall–Kier alpha value is -3.40. The number of nitrogens with zero attached hydrogens (tertiary/aromatic N) is 5. The molecule has 0 aliphatic heterocycles. The van der Waals surface area contributed by atoms with Gasteiger partial charge in [0.15, 0.2) is 0 Å². The highest BCUT2D eigenvalue weighted by Crippen LogP contribution is 2.34. The van der Waals surface area contributed by atoms with Gasteiger partial charge in [-0.2, -0.15) is 10.2 Å². The maximum absolute atomic E-state index is 12.9. The van der Waals surface area contributed by atoms with Crippen LogP contribution in [0.15, 0.2) is 53.8 Å². The Morgan fingerprint density at radius 3 is 2.50 bits per heavy atom. The van der Waals surface area contributed by atoms with Gasteiger partial charge in [-0.3, -0.25) is 19.1 Å². The maximum Gasteiger partial charge on any atom is 0.263 e. The third kappa shape index (κ3) is 3.07. The van der Waals surface area contributed by atoms with Crippen LogP contribution in [0.4, 0.5) is 5.69 Å². The summed E-state index contributed by atoms with van der Waals surface area (Å²) >= 11 is 0. The molecule has 0 unspecified atom stereocenters. The number of fused-ring (bicyclic) bond motifs is 1. The summed E-state index contributed by atoms with van der Waals surface area (Å²) in [5, 5.41) is 9.25. The molecule has 1 aromatic carbocycles. The summed E-state index contributed by atoms with van der Waals surface area (Å²) in [6, 6.07) is 8.45. The number of anilines is 1. The molecule has 0 saturated heterocycles. The van der Waals surface area contributed by atoms with E-state index >= 15 is 0 Å². The van der Waals surface area contributed by atoms with Gasteiger partial charge in [0.1, 0.15) is 22.0 Å². The second kappa shape index (κ2) is 6.64. The predicted octanol–water partition coefficient (Wildman–Crippen LogP) is 2.18. The molecule has 10 heteroatoms. The normalized spacial score (nSPS) is 11.7. The number of ether oxygens (including phenoxy) is 1. The van der Waals surface area contributed by atoms with Crippen LogP contribution in [0.3, 0.4) is 0 Å². The average Bonchev–Trinajstić information content (AvgIpc) is 3.28. The molecule has 28 heavy (non-hydrogen) atoms. The van der Waals surface area contributed by atoms with Crippen LogP contribution in [0.2, 0.25) is 0 Å². The molecule has 144 valence electrons. The average molecular weight is 398 g/mol. The van der Waals surface area contributed by atoms with Gasteiger partial charge < -0.3 is 4.74 Å². The van der Waals surface area contributed by atoms with Crippen LogP contribution in [0.5, 0.6) is 5.75 Å². The summed E-state index contributed by atoms with van der Waals surface area (Å²) in [5.74, 6) is 0.401. The molecule has 0 spiro atoms. The van der Waals surface area contributed by atoms with Crippen molar-refractivity contribution in [2.24, 2.45) is 14.1 Å². The van der Waals surface area contributed by atoms with Gasteiger partial charge in [-0.05, 0) is 30.3 Å². The standard InChI is InChI=1S/C18H18N6O3S/c1-23-9-8-15(21-23)14-6-5-13(11-19-14)28(25,26)22-17-16(27-3)7-4-12-10-20-24(2)18(12)17/h4-11,22H,1-3H3. The van der Waals surface area contributed by atoms with E-state index in [0.717, 1.165) is 5.39 Å². The number of nitrogens with one attached hydrogen (secondary N) is 1. The maximum atomic E-state index is 12.9. The fraction of sp³-hybridized carbons (Fsp3) is 0.167. The largest absolute Gasteiger partial charge is 0.494 e. The molecule has 3 aromatic heterocycles. The van der Waals surface area contributed by atoms with Gasteiger partial charge in [-0.25, -0.2) is 8.42 Å². The zero-order valence-electron chi connectivity index (χ0n) is 15.5. The minimum absolute atomic E-state index is 0.0356. The third-order valence-electron chi connectivity index (χ3n) is 4.34. The first-order valence-corrected chi connectivity index (χ1v) is 9.85. The zero-order chi connectivity index (χ0) is 19.9. The molecule has 0 aliphatic carbocycles. The molecule has 3 heterocycles. The highest BCUT2D eigenvalue weighted by atomic mass is 32.2. The van der Waals surface area contributed by atoms with Crippen molar-refractivity contribution in [1.29, 1.82) is 0 Å². The smallest absolute Gasteiger partial charge is 0.263 e. The molecule has 0 fully saturated rings. The Bertz CT molecular complexity index is 1260. The van der Waals surface area contributed by atoms with Crippen molar-refractivity contribution in [3.05, 3.63) is 48.9 Å². The number of sulfonamides is 1. The fourth-order valence-electron chi connectivity index (χ4n) is 2.95. The van der Waals surface area contributed by atoms with Gasteiger partial charge in [0.2, 0.25) is 0 Å². The predicted molar refractivity (Wildman–Crippen MR) is 105 cm³/mol. The van der Waals surface area contributed by atoms with Gasteiger partial charge in [-0.1, -0.05) is 0 Å². The van der Waals surface area contributed by atoms with Gasteiger partial charge in [0, 0.05) is 31.9 Å². The van der Waals surface area contributed by atoms with E-state index in [0.29, 0.717) is 28.3 Å². The molecular weight excluding hydrogens is 380 g/mol. The molecule has 9 nitrogen and oxygen atoms in total. The monoisotopic (exact) mass is 398 g/mol. The molecule has 4 rings (SSSR count). The van der Waals surface area contributed by atoms with Crippen LogP contribution >= 0.6 is 0 Å². The van der Waals surface area contributed by atoms with Crippen LogP contribution in [0.1, 0.15) is 0 Å². The van der Waals surface area contributed by atoms with Gasteiger partial charge in [0.05, 0.1) is 24.5 Å². The minimum Gasteiger partial charge on any atom is -0.494 e. The Morgan fingerprint density at radius 2 is 1.86 bits per heavy atom. The molecule has 1 N–H and O–H groups in total. The Morgan fingerprint density at radius 1 is 1.04 bits per heavy atom. The van der Waals surface area contributed by atoms with E-state index in [2.05, 4.69) is 19.9 Å². The Balaban J connectivity index is 1.72. The van der Waals surface area contributed by atoms with E-state index in [1.165, 1.54) is 19.4 Å². The van der Waals surface area contributed by atoms with Crippen molar-refractivity contribution < 1.29 is 13.2 Å². The summed E-state index contributed by atoms with van der Waals surface area (Å²) in [6.45, 7) is 0. The second-order valence-electron chi connectivity index (χ2n) is 6.21. The molecule has 0 saturated carbocycles. The number of rotatable bonds is 5. The fourth-order valence-corrected chi connectivity index (χ4v) is 3.98. The van der Waals surface area contributed by atoms with Crippen LogP contribution in [0.25, 0.3) is 22.3 Å². The van der Waals surface area contributed by atoms with Crippen molar-refractivity contribution in [1.82, 2.24) is 24.5 Å². The molecule has 4 aromatic rings. The quantitative estimate of drug-likeness (QED) is 0.553. The number of aromatic nitrogens is 5. The summed E-state index contributed by atoms with van der Waals surface area (Å²) in [5.41, 5.74) is 2.21. The van der Waals surface area contributed by atoms with Crippen molar-refractivity contribution in [3.8, 4) is 17.1 Å². The highest BCUT2D eigenvalue weighted by Gasteiger charge is 2.21. The van der Waals surface area contributed by atoms with Crippen LogP contribution in [0, 0.1) is 0 Å². The Labute approximate surface area is 161 Å². The first-order chi connectivity index (χ1) is 13.4. The van der Waals surface area contributed by atoms with E-state index < -0.39 is 10.0 Å². The van der Waals surface area contributed by atoms with Gasteiger partial charge in [0.25, 0.3) is 10.0 Å². The van der Waals surface area contributed by atoms with E-state index in [1.54, 1.807) is 48.0 Å². The summed E-state index contributed by atoms with van der Waals surface area (Å²) in [6.07, 6.45) is 4.77. The van der Waals surface area contributed by atoms with Crippen molar-refractivity contribution >= 4 is 26.6 Å². The van der Waals surface area contributed by atoms with E-state index in [1.807, 2.05) is 12.1 Å². The molecular formula is C18H18N6O3S. The number of aryl methyl sites for hydroxylation is 2. The molecule has 0 radical (unpaired) electrons. The number of hydrogen-bond acceptors (Lipinski definition) is 6. The number of hydrogen-bond donors (Lipinski definition) is 1. The zero-order valence-corrected chi connectivity index (χ0v) is 16.3. The molecule has 0 atom stereocenters.